The van der Waals surface area contributed by atoms with Crippen molar-refractivity contribution in [2.75, 3.05) is 38.3 Å². The highest BCUT2D eigenvalue weighted by molar-refractivity contribution is 5.99. The number of benzene rings is 2. The molecule has 4 rings (SSSR count). The highest BCUT2D eigenvalue weighted by atomic mass is 16.5. The van der Waals surface area contributed by atoms with E-state index >= 15 is 0 Å². The molecule has 2 heterocycles. The molecule has 1 aromatic heterocycles. The van der Waals surface area contributed by atoms with E-state index in [-0.39, 0.29) is 11.3 Å². The van der Waals surface area contributed by atoms with Crippen molar-refractivity contribution in [3.8, 4) is 16.9 Å². The van der Waals surface area contributed by atoms with Gasteiger partial charge in [0.15, 0.2) is 5.78 Å². The average Bonchev–Trinajstić information content (AvgIpc) is 2.81. The van der Waals surface area contributed by atoms with E-state index < -0.39 is 0 Å². The first-order chi connectivity index (χ1) is 15.5. The van der Waals surface area contributed by atoms with Crippen molar-refractivity contribution >= 4 is 11.5 Å². The molecule has 0 amide bonds. The summed E-state index contributed by atoms with van der Waals surface area (Å²) in [5.74, 6) is 0.776. The van der Waals surface area contributed by atoms with E-state index in [2.05, 4.69) is 4.90 Å². The summed E-state index contributed by atoms with van der Waals surface area (Å²) in [6, 6.07) is 15.3. The van der Waals surface area contributed by atoms with Gasteiger partial charge in [-0.05, 0) is 47.9 Å². The highest BCUT2D eigenvalue weighted by Gasteiger charge is 2.18. The Morgan fingerprint density at radius 3 is 2.62 bits per heavy atom. The van der Waals surface area contributed by atoms with Crippen LogP contribution in [0.15, 0.2) is 59.5 Å². The third kappa shape index (κ3) is 4.60. The van der Waals surface area contributed by atoms with Gasteiger partial charge in [-0.15, -0.1) is 0 Å². The Hall–Kier alpha value is -3.38. The highest BCUT2D eigenvalue weighted by Crippen LogP contribution is 2.27. The van der Waals surface area contributed by atoms with E-state index in [1.807, 2.05) is 61.7 Å². The molecule has 6 heteroatoms. The molecule has 0 aliphatic carbocycles. The fourth-order valence-electron chi connectivity index (χ4n) is 4.05. The molecule has 0 unspecified atom stereocenters. The molecule has 32 heavy (non-hydrogen) atoms. The van der Waals surface area contributed by atoms with Gasteiger partial charge in [0, 0.05) is 43.9 Å². The number of hydrogen-bond donors (Lipinski definition) is 0. The minimum atomic E-state index is -0.0291. The number of hydrogen-bond acceptors (Lipinski definition) is 5. The number of pyridine rings is 1. The van der Waals surface area contributed by atoms with E-state index in [0.29, 0.717) is 44.0 Å². The Kier molecular flexibility index (Phi) is 6.42. The van der Waals surface area contributed by atoms with E-state index in [0.717, 1.165) is 28.0 Å². The summed E-state index contributed by atoms with van der Waals surface area (Å²) in [4.78, 5) is 27.9. The summed E-state index contributed by atoms with van der Waals surface area (Å²) < 4.78 is 12.3. The maximum Gasteiger partial charge on any atom is 0.273 e. The quantitative estimate of drug-likeness (QED) is 0.557. The number of carbonyl (C=O) groups is 1. The Balaban J connectivity index is 1.67. The van der Waals surface area contributed by atoms with Gasteiger partial charge in [0.25, 0.3) is 5.56 Å². The Bertz CT molecular complexity index is 1190. The van der Waals surface area contributed by atoms with Crippen molar-refractivity contribution in [2.45, 2.75) is 13.3 Å². The lowest BCUT2D eigenvalue weighted by atomic mass is 9.95. The summed E-state index contributed by atoms with van der Waals surface area (Å²) in [5, 5.41) is 0. The van der Waals surface area contributed by atoms with Crippen molar-refractivity contribution in [1.29, 1.82) is 0 Å². The second kappa shape index (κ2) is 9.40. The summed E-state index contributed by atoms with van der Waals surface area (Å²) in [6.45, 7) is 4.62. The van der Waals surface area contributed by atoms with Crippen molar-refractivity contribution in [1.82, 2.24) is 4.57 Å². The molecule has 1 aliphatic heterocycles. The molecular formula is C26H28N2O4. The van der Waals surface area contributed by atoms with Gasteiger partial charge in [0.05, 0.1) is 20.3 Å². The standard InChI is InChI=1S/C26H28N2O4/c1-18-7-8-20(25(29)14-19-5-4-6-22(13-19)31-3)15-23(18)21-16-24(26(30)27(2)17-21)28-9-11-32-12-10-28/h4-8,13,15-17H,9-12,14H2,1-3H3. The van der Waals surface area contributed by atoms with Crippen LogP contribution in [0.3, 0.4) is 0 Å². The molecule has 166 valence electrons. The molecule has 3 aromatic rings. The number of ketones is 1. The zero-order chi connectivity index (χ0) is 22.7. The number of methoxy groups -OCH3 is 1. The SMILES string of the molecule is COc1cccc(CC(=O)c2ccc(C)c(-c3cc(N4CCOCC4)c(=O)n(C)c3)c2)c1. The number of ether oxygens (including phenoxy) is 2. The van der Waals surface area contributed by atoms with E-state index in [9.17, 15) is 9.59 Å². The molecular weight excluding hydrogens is 404 g/mol. The van der Waals surface area contributed by atoms with Crippen LogP contribution >= 0.6 is 0 Å². The zero-order valence-electron chi connectivity index (χ0n) is 18.8. The monoisotopic (exact) mass is 432 g/mol. The van der Waals surface area contributed by atoms with Gasteiger partial charge in [0.2, 0.25) is 0 Å². The van der Waals surface area contributed by atoms with Crippen LogP contribution in [0.5, 0.6) is 5.75 Å². The van der Waals surface area contributed by atoms with Crippen LogP contribution in [0.1, 0.15) is 21.5 Å². The number of morpholine rings is 1. The van der Waals surface area contributed by atoms with E-state index in [1.54, 1.807) is 18.7 Å². The van der Waals surface area contributed by atoms with Crippen LogP contribution in [0, 0.1) is 6.92 Å². The number of aromatic nitrogens is 1. The minimum absolute atomic E-state index is 0.0291. The fraction of sp³-hybridized carbons (Fsp3) is 0.308. The maximum atomic E-state index is 13.0. The molecule has 1 fully saturated rings. The topological polar surface area (TPSA) is 60.8 Å². The predicted molar refractivity (Wildman–Crippen MR) is 126 cm³/mol. The molecule has 0 saturated carbocycles. The first-order valence-corrected chi connectivity index (χ1v) is 10.8. The zero-order valence-corrected chi connectivity index (χ0v) is 18.8. The number of nitrogens with zero attached hydrogens (tertiary/aromatic N) is 2. The van der Waals surface area contributed by atoms with Crippen molar-refractivity contribution in [3.05, 3.63) is 81.8 Å². The first kappa shape index (κ1) is 21.8. The van der Waals surface area contributed by atoms with Crippen LogP contribution in [-0.4, -0.2) is 43.8 Å². The average molecular weight is 433 g/mol. The second-order valence-corrected chi connectivity index (χ2v) is 8.11. The summed E-state index contributed by atoms with van der Waals surface area (Å²) in [6.07, 6.45) is 2.14. The predicted octanol–water partition coefficient (Wildman–Crippen LogP) is 3.63. The van der Waals surface area contributed by atoms with Crippen molar-refractivity contribution in [3.63, 3.8) is 0 Å². The molecule has 0 radical (unpaired) electrons. The lowest BCUT2D eigenvalue weighted by Crippen LogP contribution is -2.40. The largest absolute Gasteiger partial charge is 0.497 e. The summed E-state index contributed by atoms with van der Waals surface area (Å²) >= 11 is 0. The fourth-order valence-corrected chi connectivity index (χ4v) is 4.05. The van der Waals surface area contributed by atoms with Crippen LogP contribution < -0.4 is 15.2 Å². The van der Waals surface area contributed by atoms with Gasteiger partial charge >= 0.3 is 0 Å². The third-order valence-corrected chi connectivity index (χ3v) is 5.89. The first-order valence-electron chi connectivity index (χ1n) is 10.8. The number of anilines is 1. The van der Waals surface area contributed by atoms with Crippen LogP contribution in [0.25, 0.3) is 11.1 Å². The number of aryl methyl sites for hydroxylation is 2. The molecule has 6 nitrogen and oxygen atoms in total. The Morgan fingerprint density at radius 2 is 1.88 bits per heavy atom. The van der Waals surface area contributed by atoms with Gasteiger partial charge < -0.3 is 18.9 Å². The number of carbonyl (C=O) groups excluding carboxylic acids is 1. The molecule has 0 N–H and O–H groups in total. The number of Topliss-reactive ketones (excluding diaryl/α,β-unsaturated/α-hetero) is 1. The van der Waals surface area contributed by atoms with Crippen molar-refractivity contribution < 1.29 is 14.3 Å². The Labute approximate surface area is 188 Å². The lowest BCUT2D eigenvalue weighted by molar-refractivity contribution is 0.0993. The van der Waals surface area contributed by atoms with Gasteiger partial charge in [-0.2, -0.15) is 0 Å². The summed E-state index contributed by atoms with van der Waals surface area (Å²) in [5.41, 5.74) is 5.12. The molecule has 2 aromatic carbocycles. The normalized spacial score (nSPS) is 13.8. The Morgan fingerprint density at radius 1 is 1.09 bits per heavy atom. The minimum Gasteiger partial charge on any atom is -0.497 e. The molecule has 0 spiro atoms. The smallest absolute Gasteiger partial charge is 0.273 e. The van der Waals surface area contributed by atoms with Gasteiger partial charge in [-0.3, -0.25) is 9.59 Å². The van der Waals surface area contributed by atoms with Crippen LogP contribution in [0.2, 0.25) is 0 Å². The summed E-state index contributed by atoms with van der Waals surface area (Å²) in [7, 11) is 3.38. The third-order valence-electron chi connectivity index (χ3n) is 5.89. The van der Waals surface area contributed by atoms with Crippen LogP contribution in [0.4, 0.5) is 5.69 Å². The maximum absolute atomic E-state index is 13.0. The van der Waals surface area contributed by atoms with E-state index in [1.165, 1.54) is 0 Å². The van der Waals surface area contributed by atoms with Crippen molar-refractivity contribution in [2.24, 2.45) is 7.05 Å². The number of rotatable bonds is 6. The molecule has 0 atom stereocenters. The van der Waals surface area contributed by atoms with Crippen LogP contribution in [-0.2, 0) is 18.2 Å². The van der Waals surface area contributed by atoms with Gasteiger partial charge in [-0.1, -0.05) is 24.3 Å². The molecule has 0 bridgehead atoms. The second-order valence-electron chi connectivity index (χ2n) is 8.11. The molecule has 1 saturated heterocycles. The van der Waals surface area contributed by atoms with Gasteiger partial charge in [0.1, 0.15) is 11.4 Å². The van der Waals surface area contributed by atoms with Gasteiger partial charge in [-0.25, -0.2) is 0 Å². The van der Waals surface area contributed by atoms with E-state index in [4.69, 9.17) is 9.47 Å². The molecule has 1 aliphatic rings. The lowest BCUT2D eigenvalue weighted by Gasteiger charge is -2.29.